The molecule has 0 radical (unpaired) electrons. The number of urea groups is 1. The summed E-state index contributed by atoms with van der Waals surface area (Å²) < 4.78 is 4.58. The van der Waals surface area contributed by atoms with Crippen LogP contribution in [0, 0.1) is 0 Å². The fraction of sp³-hybridized carbons (Fsp3) is 0.846. The fourth-order valence-corrected chi connectivity index (χ4v) is 1.53. The van der Waals surface area contributed by atoms with Crippen LogP contribution >= 0.6 is 0 Å². The first-order valence-electron chi connectivity index (χ1n) is 6.70. The quantitative estimate of drug-likeness (QED) is 0.679. The first-order chi connectivity index (χ1) is 8.56. The van der Waals surface area contributed by atoms with Gasteiger partial charge >= 0.3 is 12.0 Å². The highest BCUT2D eigenvalue weighted by Crippen LogP contribution is 2.01. The van der Waals surface area contributed by atoms with Crippen LogP contribution in [0.3, 0.4) is 0 Å². The molecule has 5 heteroatoms. The Bertz CT molecular complexity index is 249. The van der Waals surface area contributed by atoms with Gasteiger partial charge in [-0.15, -0.1) is 0 Å². The van der Waals surface area contributed by atoms with E-state index < -0.39 is 12.0 Å². The Kier molecular flexibility index (Phi) is 9.06. The van der Waals surface area contributed by atoms with Crippen LogP contribution in [-0.4, -0.2) is 43.1 Å². The van der Waals surface area contributed by atoms with Gasteiger partial charge in [-0.2, -0.15) is 0 Å². The second kappa shape index (κ2) is 9.74. The molecule has 0 saturated heterocycles. The zero-order chi connectivity index (χ0) is 14.0. The van der Waals surface area contributed by atoms with Gasteiger partial charge in [0.15, 0.2) is 0 Å². The van der Waals surface area contributed by atoms with Crippen molar-refractivity contribution in [3.05, 3.63) is 0 Å². The summed E-state index contributed by atoms with van der Waals surface area (Å²) in [7, 11) is 1.32. The molecule has 18 heavy (non-hydrogen) atoms. The minimum Gasteiger partial charge on any atom is -0.467 e. The van der Waals surface area contributed by atoms with E-state index in [2.05, 4.69) is 23.9 Å². The Hall–Kier alpha value is -1.26. The van der Waals surface area contributed by atoms with Gasteiger partial charge in [0.2, 0.25) is 0 Å². The zero-order valence-corrected chi connectivity index (χ0v) is 12.0. The molecule has 0 bridgehead atoms. The lowest BCUT2D eigenvalue weighted by atomic mass is 10.2. The summed E-state index contributed by atoms with van der Waals surface area (Å²) in [6.45, 7) is 7.27. The molecule has 1 N–H and O–H groups in total. The number of nitrogens with one attached hydrogen (secondary N) is 1. The SMILES string of the molecule is CCCCN(CCCC)C(=O)N[C@@H](C)C(=O)OC. The number of unbranched alkanes of at least 4 members (excludes halogenated alkanes) is 2. The first-order valence-corrected chi connectivity index (χ1v) is 6.70. The van der Waals surface area contributed by atoms with Crippen LogP contribution in [0.1, 0.15) is 46.5 Å². The molecule has 5 nitrogen and oxygen atoms in total. The molecule has 0 rings (SSSR count). The normalized spacial score (nSPS) is 11.8. The number of nitrogens with zero attached hydrogens (tertiary/aromatic N) is 1. The Morgan fingerprint density at radius 1 is 1.17 bits per heavy atom. The maximum Gasteiger partial charge on any atom is 0.328 e. The summed E-state index contributed by atoms with van der Waals surface area (Å²) in [5.74, 6) is -0.422. The number of hydrogen-bond acceptors (Lipinski definition) is 3. The van der Waals surface area contributed by atoms with Gasteiger partial charge in [0.05, 0.1) is 7.11 Å². The molecule has 0 aromatic heterocycles. The smallest absolute Gasteiger partial charge is 0.328 e. The van der Waals surface area contributed by atoms with Gasteiger partial charge in [-0.3, -0.25) is 0 Å². The van der Waals surface area contributed by atoms with Crippen LogP contribution < -0.4 is 5.32 Å². The lowest BCUT2D eigenvalue weighted by molar-refractivity contribution is -0.142. The molecule has 0 aliphatic heterocycles. The van der Waals surface area contributed by atoms with Crippen molar-refractivity contribution in [2.75, 3.05) is 20.2 Å². The third-order valence-electron chi connectivity index (χ3n) is 2.75. The van der Waals surface area contributed by atoms with E-state index in [9.17, 15) is 9.59 Å². The van der Waals surface area contributed by atoms with Gasteiger partial charge in [0.25, 0.3) is 0 Å². The topological polar surface area (TPSA) is 58.6 Å². The number of carbonyl (C=O) groups excluding carboxylic acids is 2. The van der Waals surface area contributed by atoms with Crippen LogP contribution in [0.2, 0.25) is 0 Å². The minimum absolute atomic E-state index is 0.185. The predicted molar refractivity (Wildman–Crippen MR) is 71.4 cm³/mol. The van der Waals surface area contributed by atoms with Crippen molar-refractivity contribution in [2.24, 2.45) is 0 Å². The van der Waals surface area contributed by atoms with Crippen molar-refractivity contribution >= 4 is 12.0 Å². The van der Waals surface area contributed by atoms with Crippen molar-refractivity contribution < 1.29 is 14.3 Å². The molecule has 0 saturated carbocycles. The maximum atomic E-state index is 12.0. The Labute approximate surface area is 110 Å². The van der Waals surface area contributed by atoms with Gasteiger partial charge in [0.1, 0.15) is 6.04 Å². The molecule has 0 fully saturated rings. The van der Waals surface area contributed by atoms with E-state index >= 15 is 0 Å². The third-order valence-corrected chi connectivity index (χ3v) is 2.75. The second-order valence-corrected chi connectivity index (χ2v) is 4.39. The number of ether oxygens (including phenoxy) is 1. The Morgan fingerprint density at radius 3 is 2.06 bits per heavy atom. The van der Waals surface area contributed by atoms with Gasteiger partial charge in [-0.25, -0.2) is 9.59 Å². The molecule has 2 amide bonds. The summed E-state index contributed by atoms with van der Waals surface area (Å²) in [5, 5.41) is 2.66. The number of amides is 2. The molecule has 0 aliphatic carbocycles. The largest absolute Gasteiger partial charge is 0.467 e. The van der Waals surface area contributed by atoms with Crippen LogP contribution in [0.5, 0.6) is 0 Å². The molecule has 0 spiro atoms. The lowest BCUT2D eigenvalue weighted by Gasteiger charge is -2.24. The highest BCUT2D eigenvalue weighted by Gasteiger charge is 2.19. The molecule has 0 aliphatic rings. The summed E-state index contributed by atoms with van der Waals surface area (Å²) >= 11 is 0. The number of methoxy groups -OCH3 is 1. The van der Waals surface area contributed by atoms with Crippen LogP contribution in [0.4, 0.5) is 4.79 Å². The third kappa shape index (κ3) is 6.47. The van der Waals surface area contributed by atoms with Crippen LogP contribution in [-0.2, 0) is 9.53 Å². The Balaban J connectivity index is 4.30. The first kappa shape index (κ1) is 16.7. The van der Waals surface area contributed by atoms with Crippen molar-refractivity contribution in [3.63, 3.8) is 0 Å². The summed E-state index contributed by atoms with van der Waals surface area (Å²) in [4.78, 5) is 25.0. The van der Waals surface area contributed by atoms with Crippen LogP contribution in [0.15, 0.2) is 0 Å². The zero-order valence-electron chi connectivity index (χ0n) is 12.0. The molecular formula is C13H26N2O3. The van der Waals surface area contributed by atoms with Crippen molar-refractivity contribution in [2.45, 2.75) is 52.5 Å². The second-order valence-electron chi connectivity index (χ2n) is 4.39. The van der Waals surface area contributed by atoms with Crippen molar-refractivity contribution in [1.29, 1.82) is 0 Å². The highest BCUT2D eigenvalue weighted by molar-refractivity contribution is 5.83. The predicted octanol–water partition coefficient (Wildman–Crippen LogP) is 2.16. The van der Waals surface area contributed by atoms with E-state index in [4.69, 9.17) is 0 Å². The molecule has 0 aromatic rings. The van der Waals surface area contributed by atoms with E-state index in [1.165, 1.54) is 7.11 Å². The Morgan fingerprint density at radius 2 is 1.67 bits per heavy atom. The monoisotopic (exact) mass is 258 g/mol. The van der Waals surface area contributed by atoms with Gasteiger partial charge in [0, 0.05) is 13.1 Å². The fourth-order valence-electron chi connectivity index (χ4n) is 1.53. The highest BCUT2D eigenvalue weighted by atomic mass is 16.5. The number of hydrogen-bond donors (Lipinski definition) is 1. The van der Waals surface area contributed by atoms with Crippen molar-refractivity contribution in [3.8, 4) is 0 Å². The average molecular weight is 258 g/mol. The minimum atomic E-state index is -0.603. The van der Waals surface area contributed by atoms with E-state index in [-0.39, 0.29) is 6.03 Å². The van der Waals surface area contributed by atoms with E-state index in [0.717, 1.165) is 38.8 Å². The van der Waals surface area contributed by atoms with Gasteiger partial charge < -0.3 is 15.0 Å². The van der Waals surface area contributed by atoms with Gasteiger partial charge in [-0.1, -0.05) is 26.7 Å². The summed E-state index contributed by atoms with van der Waals surface area (Å²) in [6.07, 6.45) is 4.04. The van der Waals surface area contributed by atoms with E-state index in [0.29, 0.717) is 0 Å². The van der Waals surface area contributed by atoms with E-state index in [1.54, 1.807) is 11.8 Å². The molecular weight excluding hydrogens is 232 g/mol. The number of carbonyl (C=O) groups is 2. The van der Waals surface area contributed by atoms with E-state index in [1.807, 2.05) is 0 Å². The number of rotatable bonds is 8. The summed E-state index contributed by atoms with van der Waals surface area (Å²) in [5.41, 5.74) is 0. The summed E-state index contributed by atoms with van der Waals surface area (Å²) in [6, 6.07) is -0.789. The van der Waals surface area contributed by atoms with Gasteiger partial charge in [-0.05, 0) is 19.8 Å². The van der Waals surface area contributed by atoms with Crippen LogP contribution in [0.25, 0.3) is 0 Å². The number of esters is 1. The molecule has 106 valence electrons. The molecule has 1 atom stereocenters. The molecule has 0 heterocycles. The lowest BCUT2D eigenvalue weighted by Crippen LogP contribution is -2.47. The standard InChI is InChI=1S/C13H26N2O3/c1-5-7-9-15(10-8-6-2)13(17)14-11(3)12(16)18-4/h11H,5-10H2,1-4H3,(H,14,17)/t11-/m0/s1. The van der Waals surface area contributed by atoms with Crippen molar-refractivity contribution in [1.82, 2.24) is 10.2 Å². The maximum absolute atomic E-state index is 12.0. The average Bonchev–Trinajstić information content (AvgIpc) is 2.37. The molecule has 0 unspecified atom stereocenters. The molecule has 0 aromatic carbocycles.